The third kappa shape index (κ3) is 2.31. The summed E-state index contributed by atoms with van der Waals surface area (Å²) < 4.78 is 0.813. The molecule has 0 atom stereocenters. The number of benzene rings is 1. The van der Waals surface area contributed by atoms with Crippen LogP contribution in [-0.2, 0) is 4.79 Å². The minimum Gasteiger partial charge on any atom is -0.299 e. The zero-order valence-corrected chi connectivity index (χ0v) is 7.41. The highest BCUT2D eigenvalue weighted by Gasteiger charge is 1.92. The van der Waals surface area contributed by atoms with Gasteiger partial charge in [-0.15, -0.1) is 0 Å². The summed E-state index contributed by atoms with van der Waals surface area (Å²) in [6, 6.07) is 9.66. The Morgan fingerprint density at radius 2 is 1.91 bits per heavy atom. The molecule has 1 aromatic rings. The van der Waals surface area contributed by atoms with E-state index in [1.54, 1.807) is 0 Å². The molecule has 0 radical (unpaired) electrons. The fraction of sp³-hybridized carbons (Fsp3) is 0. The van der Waals surface area contributed by atoms with Crippen LogP contribution in [0.15, 0.2) is 36.4 Å². The molecule has 0 aromatic heterocycles. The summed E-state index contributed by atoms with van der Waals surface area (Å²) in [6.07, 6.45) is 2.24. The van der Waals surface area contributed by atoms with Gasteiger partial charge >= 0.3 is 0 Å². The van der Waals surface area contributed by atoms with Crippen LogP contribution < -0.4 is 0 Å². The molecule has 0 saturated carbocycles. The van der Waals surface area contributed by atoms with Crippen LogP contribution >= 0.6 is 15.9 Å². The summed E-state index contributed by atoms with van der Waals surface area (Å²) in [4.78, 5) is 10.1. The Hall–Kier alpha value is -0.890. The van der Waals surface area contributed by atoms with Crippen molar-refractivity contribution < 1.29 is 4.79 Å². The molecule has 0 spiro atoms. The Labute approximate surface area is 73.9 Å². The van der Waals surface area contributed by atoms with Crippen molar-refractivity contribution in [2.45, 2.75) is 0 Å². The molecule has 1 aromatic carbocycles. The molecule has 0 saturated heterocycles. The van der Waals surface area contributed by atoms with Crippen LogP contribution in [0.1, 0.15) is 5.56 Å². The Morgan fingerprint density at radius 3 is 2.45 bits per heavy atom. The van der Waals surface area contributed by atoms with Gasteiger partial charge in [0.15, 0.2) is 0 Å². The third-order valence-electron chi connectivity index (χ3n) is 1.26. The van der Waals surface area contributed by atoms with Gasteiger partial charge in [0.2, 0.25) is 0 Å². The first-order valence-electron chi connectivity index (χ1n) is 3.21. The molecule has 2 heteroatoms. The van der Waals surface area contributed by atoms with Crippen LogP contribution in [0.2, 0.25) is 0 Å². The van der Waals surface area contributed by atoms with Crippen LogP contribution in [0.5, 0.6) is 0 Å². The van der Waals surface area contributed by atoms with E-state index >= 15 is 0 Å². The van der Waals surface area contributed by atoms with Gasteiger partial charge in [0.25, 0.3) is 0 Å². The highest BCUT2D eigenvalue weighted by atomic mass is 79.9. The number of carbonyl (C=O) groups excluding carboxylic acids is 1. The first-order chi connectivity index (χ1) is 5.34. The van der Waals surface area contributed by atoms with E-state index in [0.717, 1.165) is 16.3 Å². The van der Waals surface area contributed by atoms with E-state index in [0.29, 0.717) is 0 Å². The van der Waals surface area contributed by atoms with Crippen molar-refractivity contribution in [3.63, 3.8) is 0 Å². The number of halogens is 1. The van der Waals surface area contributed by atoms with E-state index in [2.05, 4.69) is 15.9 Å². The largest absolute Gasteiger partial charge is 0.299 e. The van der Waals surface area contributed by atoms with Crippen molar-refractivity contribution in [1.82, 2.24) is 0 Å². The van der Waals surface area contributed by atoms with Crippen LogP contribution in [0.25, 0.3) is 4.48 Å². The van der Waals surface area contributed by atoms with Crippen molar-refractivity contribution in [1.29, 1.82) is 0 Å². The Bertz CT molecular complexity index is 264. The molecule has 0 aliphatic carbocycles. The molecule has 1 rings (SSSR count). The SMILES string of the molecule is O=C/C=C(\Br)c1ccccc1. The first kappa shape index (κ1) is 8.21. The molecular formula is C9H7BrO. The molecule has 1 nitrogen and oxygen atoms in total. The number of carbonyl (C=O) groups is 1. The molecule has 0 aliphatic heterocycles. The van der Waals surface area contributed by atoms with Crippen molar-refractivity contribution in [2.24, 2.45) is 0 Å². The predicted molar refractivity (Wildman–Crippen MR) is 49.4 cm³/mol. The van der Waals surface area contributed by atoms with Crippen molar-refractivity contribution in [3.8, 4) is 0 Å². The monoisotopic (exact) mass is 210 g/mol. The van der Waals surface area contributed by atoms with Gasteiger partial charge in [0, 0.05) is 4.48 Å². The van der Waals surface area contributed by atoms with Gasteiger partial charge < -0.3 is 0 Å². The second-order valence-corrected chi connectivity index (χ2v) is 2.87. The van der Waals surface area contributed by atoms with Crippen molar-refractivity contribution in [3.05, 3.63) is 42.0 Å². The Morgan fingerprint density at radius 1 is 1.27 bits per heavy atom. The average molecular weight is 211 g/mol. The minimum absolute atomic E-state index is 0.761. The fourth-order valence-electron chi connectivity index (χ4n) is 0.753. The number of hydrogen-bond acceptors (Lipinski definition) is 1. The number of aldehydes is 1. The van der Waals surface area contributed by atoms with Gasteiger partial charge in [-0.1, -0.05) is 46.3 Å². The summed E-state index contributed by atoms with van der Waals surface area (Å²) >= 11 is 3.28. The minimum atomic E-state index is 0.761. The lowest BCUT2D eigenvalue weighted by atomic mass is 10.2. The predicted octanol–water partition coefficient (Wildman–Crippen LogP) is 2.62. The lowest BCUT2D eigenvalue weighted by Crippen LogP contribution is -1.74. The second kappa shape index (κ2) is 4.09. The van der Waals surface area contributed by atoms with E-state index in [-0.39, 0.29) is 0 Å². The quantitative estimate of drug-likeness (QED) is 0.542. The summed E-state index contributed by atoms with van der Waals surface area (Å²) in [7, 11) is 0. The van der Waals surface area contributed by atoms with E-state index in [1.807, 2.05) is 30.3 Å². The summed E-state index contributed by atoms with van der Waals surface area (Å²) in [5.41, 5.74) is 1.01. The highest BCUT2D eigenvalue weighted by molar-refractivity contribution is 9.15. The van der Waals surface area contributed by atoms with Crippen molar-refractivity contribution in [2.75, 3.05) is 0 Å². The van der Waals surface area contributed by atoms with Crippen molar-refractivity contribution >= 4 is 26.7 Å². The molecule has 0 aliphatic rings. The molecule has 0 unspecified atom stereocenters. The normalized spacial score (nSPS) is 11.2. The van der Waals surface area contributed by atoms with Gasteiger partial charge in [-0.25, -0.2) is 0 Å². The molecule has 0 bridgehead atoms. The van der Waals surface area contributed by atoms with E-state index in [4.69, 9.17) is 0 Å². The zero-order valence-electron chi connectivity index (χ0n) is 5.83. The maximum Gasteiger partial charge on any atom is 0.143 e. The molecule has 11 heavy (non-hydrogen) atoms. The lowest BCUT2D eigenvalue weighted by Gasteiger charge is -1.94. The second-order valence-electron chi connectivity index (χ2n) is 2.02. The van der Waals surface area contributed by atoms with Crippen LogP contribution in [-0.4, -0.2) is 6.29 Å². The van der Waals surface area contributed by atoms with Crippen LogP contribution in [0.3, 0.4) is 0 Å². The van der Waals surface area contributed by atoms with Gasteiger partial charge in [-0.05, 0) is 11.6 Å². The molecule has 0 N–H and O–H groups in total. The molecule has 56 valence electrons. The smallest absolute Gasteiger partial charge is 0.143 e. The van der Waals surface area contributed by atoms with Crippen LogP contribution in [0.4, 0.5) is 0 Å². The zero-order chi connectivity index (χ0) is 8.10. The molecule has 0 amide bonds. The number of rotatable bonds is 2. The van der Waals surface area contributed by atoms with E-state index in [9.17, 15) is 4.79 Å². The Kier molecular flexibility index (Phi) is 3.05. The average Bonchev–Trinajstić information content (AvgIpc) is 2.07. The molecule has 0 fully saturated rings. The summed E-state index contributed by atoms with van der Waals surface area (Å²) in [5, 5.41) is 0. The topological polar surface area (TPSA) is 17.1 Å². The number of hydrogen-bond donors (Lipinski definition) is 0. The third-order valence-corrected chi connectivity index (χ3v) is 1.99. The fourth-order valence-corrected chi connectivity index (χ4v) is 1.13. The maximum absolute atomic E-state index is 10.1. The van der Waals surface area contributed by atoms with E-state index in [1.165, 1.54) is 6.08 Å². The van der Waals surface area contributed by atoms with Gasteiger partial charge in [0.05, 0.1) is 0 Å². The van der Waals surface area contributed by atoms with Gasteiger partial charge in [-0.3, -0.25) is 4.79 Å². The van der Waals surface area contributed by atoms with Gasteiger partial charge in [-0.2, -0.15) is 0 Å². The first-order valence-corrected chi connectivity index (χ1v) is 4.00. The number of allylic oxidation sites excluding steroid dienone is 1. The van der Waals surface area contributed by atoms with E-state index < -0.39 is 0 Å². The highest BCUT2D eigenvalue weighted by Crippen LogP contribution is 2.19. The summed E-state index contributed by atoms with van der Waals surface area (Å²) in [5.74, 6) is 0. The lowest BCUT2D eigenvalue weighted by molar-refractivity contribution is -0.104. The Balaban J connectivity index is 2.94. The van der Waals surface area contributed by atoms with Gasteiger partial charge in [0.1, 0.15) is 6.29 Å². The molecule has 0 heterocycles. The summed E-state index contributed by atoms with van der Waals surface area (Å²) in [6.45, 7) is 0. The van der Waals surface area contributed by atoms with Crippen LogP contribution in [0, 0.1) is 0 Å². The standard InChI is InChI=1S/C9H7BrO/c10-9(6-7-11)8-4-2-1-3-5-8/h1-7H/b9-6-. The molecular weight excluding hydrogens is 204 g/mol. The maximum atomic E-state index is 10.1.